The average Bonchev–Trinajstić information content (AvgIpc) is 2.80. The molecule has 0 bridgehead atoms. The lowest BCUT2D eigenvalue weighted by molar-refractivity contribution is 0.136. The summed E-state index contributed by atoms with van der Waals surface area (Å²) in [6.07, 6.45) is 1.61. The van der Waals surface area contributed by atoms with Crippen molar-refractivity contribution >= 4 is 6.09 Å². The van der Waals surface area contributed by atoms with E-state index in [1.54, 1.807) is 0 Å². The third-order valence-electron chi connectivity index (χ3n) is 2.06. The zero-order chi connectivity index (χ0) is 8.97. The van der Waals surface area contributed by atoms with E-state index in [-0.39, 0.29) is 12.6 Å². The third-order valence-corrected chi connectivity index (χ3v) is 2.06. The van der Waals surface area contributed by atoms with Gasteiger partial charge in [0.2, 0.25) is 0 Å². The van der Waals surface area contributed by atoms with Crippen molar-refractivity contribution in [3.05, 3.63) is 0 Å². The first-order valence-electron chi connectivity index (χ1n) is 4.27. The second-order valence-corrected chi connectivity index (χ2v) is 2.98. The summed E-state index contributed by atoms with van der Waals surface area (Å²) in [4.78, 5) is 10.8. The molecule has 0 spiro atoms. The van der Waals surface area contributed by atoms with E-state index in [1.807, 2.05) is 0 Å². The number of carbonyl (C=O) groups excluding carboxylic acids is 1. The van der Waals surface area contributed by atoms with Crippen LogP contribution in [0.2, 0.25) is 0 Å². The first-order chi connectivity index (χ1) is 5.77. The molecular weight excluding hydrogens is 161 g/mol. The number of carbonyl (C=O) groups is 1. The van der Waals surface area contributed by atoms with Crippen LogP contribution in [0, 0.1) is 5.92 Å². The Morgan fingerprint density at radius 3 is 3.00 bits per heavy atom. The van der Waals surface area contributed by atoms with E-state index in [1.165, 1.54) is 0 Å². The summed E-state index contributed by atoms with van der Waals surface area (Å²) in [5, 5.41) is 2.66. The fourth-order valence-corrected chi connectivity index (χ4v) is 1.20. The summed E-state index contributed by atoms with van der Waals surface area (Å²) in [6, 6.07) is 0.266. The first kappa shape index (κ1) is 9.29. The smallest absolute Gasteiger partial charge is 0.407 e. The van der Waals surface area contributed by atoms with E-state index in [0.29, 0.717) is 5.92 Å². The van der Waals surface area contributed by atoms with Gasteiger partial charge in [0.05, 0.1) is 0 Å². The summed E-state index contributed by atoms with van der Waals surface area (Å²) < 4.78 is 16.1. The number of ether oxygens (including phenoxy) is 1. The van der Waals surface area contributed by atoms with E-state index < -0.39 is 12.8 Å². The number of rotatable bonds is 4. The van der Waals surface area contributed by atoms with Crippen LogP contribution in [0.3, 0.4) is 0 Å². The summed E-state index contributed by atoms with van der Waals surface area (Å²) in [5.41, 5.74) is 0. The third kappa shape index (κ3) is 2.68. The van der Waals surface area contributed by atoms with Crippen molar-refractivity contribution in [1.82, 2.24) is 5.32 Å². The molecule has 3 nitrogen and oxygen atoms in total. The lowest BCUT2D eigenvalue weighted by atomic mass is 10.3. The first-order valence-corrected chi connectivity index (χ1v) is 4.27. The molecule has 70 valence electrons. The van der Waals surface area contributed by atoms with Gasteiger partial charge in [0.1, 0.15) is 13.3 Å². The monoisotopic (exact) mass is 175 g/mol. The molecule has 0 aromatic rings. The summed E-state index contributed by atoms with van der Waals surface area (Å²) in [7, 11) is 0. The van der Waals surface area contributed by atoms with Gasteiger partial charge >= 0.3 is 6.09 Å². The molecule has 1 rings (SSSR count). The molecule has 2 unspecified atom stereocenters. The molecule has 4 heteroatoms. The van der Waals surface area contributed by atoms with Crippen molar-refractivity contribution < 1.29 is 13.9 Å². The van der Waals surface area contributed by atoms with Gasteiger partial charge in [0, 0.05) is 6.04 Å². The quantitative estimate of drug-likeness (QED) is 0.702. The Hall–Kier alpha value is -0.800. The predicted octanol–water partition coefficient (Wildman–Crippen LogP) is 1.48. The van der Waals surface area contributed by atoms with Crippen molar-refractivity contribution in [2.75, 3.05) is 13.3 Å². The van der Waals surface area contributed by atoms with Crippen LogP contribution in [0.15, 0.2) is 0 Å². The lowest BCUT2D eigenvalue weighted by Gasteiger charge is -2.03. The van der Waals surface area contributed by atoms with Crippen LogP contribution in [0.25, 0.3) is 0 Å². The zero-order valence-electron chi connectivity index (χ0n) is 7.18. The highest BCUT2D eigenvalue weighted by molar-refractivity contribution is 5.68. The van der Waals surface area contributed by atoms with Crippen LogP contribution >= 0.6 is 0 Å². The summed E-state index contributed by atoms with van der Waals surface area (Å²) >= 11 is 0. The number of amides is 1. The number of halogens is 1. The molecule has 0 saturated heterocycles. The topological polar surface area (TPSA) is 38.3 Å². The molecule has 1 N–H and O–H groups in total. The minimum atomic E-state index is -0.616. The van der Waals surface area contributed by atoms with E-state index in [0.717, 1.165) is 12.8 Å². The number of alkyl halides is 1. The molecule has 2 atom stereocenters. The van der Waals surface area contributed by atoms with Crippen molar-refractivity contribution in [3.8, 4) is 0 Å². The van der Waals surface area contributed by atoms with Crippen molar-refractivity contribution in [2.45, 2.75) is 25.8 Å². The number of nitrogens with one attached hydrogen (secondary N) is 1. The van der Waals surface area contributed by atoms with E-state index in [2.05, 4.69) is 17.0 Å². The van der Waals surface area contributed by atoms with Gasteiger partial charge in [0.15, 0.2) is 0 Å². The summed E-state index contributed by atoms with van der Waals surface area (Å²) in [6.45, 7) is 1.32. The molecule has 0 aromatic heterocycles. The molecule has 1 aliphatic carbocycles. The number of hydrogen-bond donors (Lipinski definition) is 1. The molecule has 0 radical (unpaired) electrons. The molecule has 0 heterocycles. The largest absolute Gasteiger partial charge is 0.447 e. The van der Waals surface area contributed by atoms with Gasteiger partial charge in [-0.05, 0) is 12.3 Å². The average molecular weight is 175 g/mol. The van der Waals surface area contributed by atoms with Gasteiger partial charge in [0.25, 0.3) is 0 Å². The van der Waals surface area contributed by atoms with Crippen LogP contribution in [-0.4, -0.2) is 25.4 Å². The Labute approximate surface area is 71.3 Å². The highest BCUT2D eigenvalue weighted by atomic mass is 19.1. The maximum absolute atomic E-state index is 11.5. The fraction of sp³-hybridized carbons (Fsp3) is 0.875. The van der Waals surface area contributed by atoms with Gasteiger partial charge in [-0.2, -0.15) is 0 Å². The van der Waals surface area contributed by atoms with Crippen molar-refractivity contribution in [2.24, 2.45) is 5.92 Å². The second kappa shape index (κ2) is 4.28. The Morgan fingerprint density at radius 1 is 1.75 bits per heavy atom. The maximum Gasteiger partial charge on any atom is 0.407 e. The van der Waals surface area contributed by atoms with Gasteiger partial charge < -0.3 is 10.1 Å². The maximum atomic E-state index is 11.5. The lowest BCUT2D eigenvalue weighted by Crippen LogP contribution is -2.28. The Morgan fingerprint density at radius 2 is 2.50 bits per heavy atom. The standard InChI is InChI=1S/C8H14FNO2/c1-2-6-5-7(6)10-8(11)12-4-3-9/h6-7H,2-5H2,1H3,(H,10,11). The number of alkyl carbamates (subject to hydrolysis) is 1. The normalized spacial score (nSPS) is 26.5. The zero-order valence-corrected chi connectivity index (χ0v) is 7.18. The Bertz CT molecular complexity index is 163. The molecule has 1 saturated carbocycles. The molecule has 0 aromatic carbocycles. The highest BCUT2D eigenvalue weighted by Gasteiger charge is 2.36. The van der Waals surface area contributed by atoms with Crippen LogP contribution in [0.5, 0.6) is 0 Å². The SMILES string of the molecule is CCC1CC1NC(=O)OCCF. The molecule has 1 aliphatic rings. The fourth-order valence-electron chi connectivity index (χ4n) is 1.20. The minimum Gasteiger partial charge on any atom is -0.447 e. The second-order valence-electron chi connectivity index (χ2n) is 2.98. The minimum absolute atomic E-state index is 0.144. The van der Waals surface area contributed by atoms with Crippen molar-refractivity contribution in [1.29, 1.82) is 0 Å². The van der Waals surface area contributed by atoms with E-state index in [4.69, 9.17) is 0 Å². The Kier molecular flexibility index (Phi) is 3.31. The molecule has 1 fully saturated rings. The summed E-state index contributed by atoms with van der Waals surface area (Å²) in [5.74, 6) is 0.600. The van der Waals surface area contributed by atoms with Crippen LogP contribution in [0.1, 0.15) is 19.8 Å². The number of hydrogen-bond acceptors (Lipinski definition) is 2. The molecule has 0 aliphatic heterocycles. The van der Waals surface area contributed by atoms with E-state index >= 15 is 0 Å². The highest BCUT2D eigenvalue weighted by Crippen LogP contribution is 2.32. The van der Waals surface area contributed by atoms with E-state index in [9.17, 15) is 9.18 Å². The Balaban J connectivity index is 2.04. The van der Waals surface area contributed by atoms with Crippen LogP contribution in [-0.2, 0) is 4.74 Å². The van der Waals surface area contributed by atoms with Gasteiger partial charge in [-0.3, -0.25) is 0 Å². The van der Waals surface area contributed by atoms with Gasteiger partial charge in [-0.1, -0.05) is 13.3 Å². The molecule has 12 heavy (non-hydrogen) atoms. The van der Waals surface area contributed by atoms with Crippen LogP contribution in [0.4, 0.5) is 9.18 Å². The van der Waals surface area contributed by atoms with Gasteiger partial charge in [-0.25, -0.2) is 9.18 Å². The molecular formula is C8H14FNO2. The predicted molar refractivity (Wildman–Crippen MR) is 42.6 cm³/mol. The van der Waals surface area contributed by atoms with Crippen LogP contribution < -0.4 is 5.32 Å². The van der Waals surface area contributed by atoms with Gasteiger partial charge in [-0.15, -0.1) is 0 Å². The van der Waals surface area contributed by atoms with Crippen molar-refractivity contribution in [3.63, 3.8) is 0 Å². The molecule has 1 amide bonds.